The van der Waals surface area contributed by atoms with Gasteiger partial charge in [-0.3, -0.25) is 4.79 Å². The van der Waals surface area contributed by atoms with Crippen LogP contribution in [0.1, 0.15) is 25.3 Å². The molecule has 0 radical (unpaired) electrons. The number of hydrogen-bond donors (Lipinski definition) is 3. The lowest BCUT2D eigenvalue weighted by Gasteiger charge is -2.21. The molecule has 0 aliphatic rings. The van der Waals surface area contributed by atoms with Crippen LogP contribution in [0.5, 0.6) is 0 Å². The van der Waals surface area contributed by atoms with E-state index in [0.717, 1.165) is 12.8 Å². The molecular formula is C14H21NO3. The molecule has 0 heterocycles. The van der Waals surface area contributed by atoms with Crippen LogP contribution >= 0.6 is 0 Å². The van der Waals surface area contributed by atoms with Gasteiger partial charge in [-0.1, -0.05) is 30.3 Å². The lowest BCUT2D eigenvalue weighted by atomic mass is 9.98. The Morgan fingerprint density at radius 3 is 2.44 bits per heavy atom. The van der Waals surface area contributed by atoms with Gasteiger partial charge in [0, 0.05) is 0 Å². The summed E-state index contributed by atoms with van der Waals surface area (Å²) < 4.78 is 0. The second-order valence-corrected chi connectivity index (χ2v) is 4.57. The van der Waals surface area contributed by atoms with Gasteiger partial charge in [-0.05, 0) is 31.7 Å². The van der Waals surface area contributed by atoms with Crippen LogP contribution in [-0.2, 0) is 11.2 Å². The van der Waals surface area contributed by atoms with Gasteiger partial charge in [-0.2, -0.15) is 0 Å². The van der Waals surface area contributed by atoms with Crippen LogP contribution in [0.4, 0.5) is 0 Å². The highest BCUT2D eigenvalue weighted by atomic mass is 16.3. The predicted molar refractivity (Wildman–Crippen MR) is 70.1 cm³/mol. The Labute approximate surface area is 107 Å². The van der Waals surface area contributed by atoms with Crippen LogP contribution in [0.15, 0.2) is 30.3 Å². The lowest BCUT2D eigenvalue weighted by Crippen LogP contribution is -2.47. The highest BCUT2D eigenvalue weighted by molar-refractivity contribution is 5.81. The number of aliphatic hydroxyl groups excluding tert-OH is 2. The molecule has 0 aromatic heterocycles. The third-order valence-corrected chi connectivity index (χ3v) is 3.04. The number of benzene rings is 1. The summed E-state index contributed by atoms with van der Waals surface area (Å²) in [5.74, 6) is -0.315. The minimum Gasteiger partial charge on any atom is -0.390 e. The maximum absolute atomic E-state index is 11.0. The minimum absolute atomic E-state index is 0.315. The highest BCUT2D eigenvalue weighted by Gasteiger charge is 2.25. The largest absolute Gasteiger partial charge is 0.390 e. The quantitative estimate of drug-likeness (QED) is 0.664. The first-order chi connectivity index (χ1) is 8.52. The van der Waals surface area contributed by atoms with Gasteiger partial charge in [0.05, 0.1) is 12.1 Å². The van der Waals surface area contributed by atoms with Gasteiger partial charge in [0.15, 0.2) is 0 Å². The predicted octanol–water partition coefficient (Wildman–Crippen LogP) is 0.647. The molecular weight excluding hydrogens is 230 g/mol. The van der Waals surface area contributed by atoms with E-state index in [0.29, 0.717) is 6.42 Å². The van der Waals surface area contributed by atoms with Gasteiger partial charge in [-0.15, -0.1) is 0 Å². The topological polar surface area (TPSA) is 83.6 Å². The van der Waals surface area contributed by atoms with E-state index >= 15 is 0 Å². The van der Waals surface area contributed by atoms with Crippen molar-refractivity contribution in [2.45, 2.75) is 44.4 Å². The SMILES string of the molecule is CC(=O)C(N)C(O)C(O)CCCc1ccccc1. The van der Waals surface area contributed by atoms with Crippen LogP contribution in [0.25, 0.3) is 0 Å². The van der Waals surface area contributed by atoms with Crippen molar-refractivity contribution in [2.24, 2.45) is 5.73 Å². The Balaban J connectivity index is 2.33. The summed E-state index contributed by atoms with van der Waals surface area (Å²) in [6.45, 7) is 1.31. The Morgan fingerprint density at radius 1 is 1.28 bits per heavy atom. The maximum atomic E-state index is 11.0. The van der Waals surface area contributed by atoms with E-state index in [2.05, 4.69) is 0 Å². The molecule has 1 aromatic carbocycles. The van der Waals surface area contributed by atoms with E-state index in [1.54, 1.807) is 0 Å². The van der Waals surface area contributed by atoms with E-state index in [1.807, 2.05) is 30.3 Å². The van der Waals surface area contributed by atoms with E-state index in [-0.39, 0.29) is 5.78 Å². The molecule has 1 aromatic rings. The second kappa shape index (κ2) is 7.26. The van der Waals surface area contributed by atoms with E-state index < -0.39 is 18.2 Å². The molecule has 1 rings (SSSR count). The van der Waals surface area contributed by atoms with Crippen LogP contribution < -0.4 is 5.73 Å². The van der Waals surface area contributed by atoms with Crippen molar-refractivity contribution in [1.29, 1.82) is 0 Å². The van der Waals surface area contributed by atoms with Crippen molar-refractivity contribution in [2.75, 3.05) is 0 Å². The molecule has 0 spiro atoms. The number of aryl methyl sites for hydroxylation is 1. The van der Waals surface area contributed by atoms with Gasteiger partial charge < -0.3 is 15.9 Å². The van der Waals surface area contributed by atoms with Crippen molar-refractivity contribution >= 4 is 5.78 Å². The van der Waals surface area contributed by atoms with E-state index in [4.69, 9.17) is 5.73 Å². The van der Waals surface area contributed by atoms with Gasteiger partial charge in [-0.25, -0.2) is 0 Å². The molecule has 3 atom stereocenters. The molecule has 0 fully saturated rings. The summed E-state index contributed by atoms with van der Waals surface area (Å²) in [7, 11) is 0. The first-order valence-electron chi connectivity index (χ1n) is 6.18. The molecule has 18 heavy (non-hydrogen) atoms. The number of rotatable bonds is 7. The summed E-state index contributed by atoms with van der Waals surface area (Å²) >= 11 is 0. The Hall–Kier alpha value is -1.23. The van der Waals surface area contributed by atoms with Gasteiger partial charge >= 0.3 is 0 Å². The third-order valence-electron chi connectivity index (χ3n) is 3.04. The molecule has 0 aliphatic heterocycles. The summed E-state index contributed by atoms with van der Waals surface area (Å²) in [5, 5.41) is 19.4. The Bertz CT molecular complexity index is 367. The lowest BCUT2D eigenvalue weighted by molar-refractivity contribution is -0.122. The average Bonchev–Trinajstić information content (AvgIpc) is 2.38. The minimum atomic E-state index is -1.18. The zero-order valence-corrected chi connectivity index (χ0v) is 10.6. The fraction of sp³-hybridized carbons (Fsp3) is 0.500. The number of aliphatic hydroxyl groups is 2. The fourth-order valence-electron chi connectivity index (χ4n) is 1.81. The molecule has 0 bridgehead atoms. The number of carbonyl (C=O) groups is 1. The summed E-state index contributed by atoms with van der Waals surface area (Å²) in [6, 6.07) is 8.91. The van der Waals surface area contributed by atoms with Gasteiger partial charge in [0.1, 0.15) is 11.9 Å². The smallest absolute Gasteiger partial charge is 0.149 e. The van der Waals surface area contributed by atoms with Crippen LogP contribution in [-0.4, -0.2) is 34.2 Å². The molecule has 3 unspecified atom stereocenters. The Morgan fingerprint density at radius 2 is 1.89 bits per heavy atom. The molecule has 0 saturated carbocycles. The zero-order chi connectivity index (χ0) is 13.5. The standard InChI is InChI=1S/C14H21NO3/c1-10(16)13(15)14(18)12(17)9-5-8-11-6-3-2-4-7-11/h2-4,6-7,12-14,17-18H,5,8-9,15H2,1H3. The monoisotopic (exact) mass is 251 g/mol. The molecule has 0 aliphatic carbocycles. The number of Topliss-reactive ketones (excluding diaryl/α,β-unsaturated/α-hetero) is 1. The average molecular weight is 251 g/mol. The summed E-state index contributed by atoms with van der Waals surface area (Å²) in [4.78, 5) is 11.0. The summed E-state index contributed by atoms with van der Waals surface area (Å²) in [6.07, 6.45) is -0.130. The first-order valence-corrected chi connectivity index (χ1v) is 6.18. The molecule has 4 nitrogen and oxygen atoms in total. The van der Waals surface area contributed by atoms with Gasteiger partial charge in [0.25, 0.3) is 0 Å². The number of carbonyl (C=O) groups excluding carboxylic acids is 1. The van der Waals surface area contributed by atoms with Crippen LogP contribution in [0, 0.1) is 0 Å². The van der Waals surface area contributed by atoms with Crippen LogP contribution in [0.2, 0.25) is 0 Å². The van der Waals surface area contributed by atoms with Crippen molar-refractivity contribution in [3.05, 3.63) is 35.9 Å². The van der Waals surface area contributed by atoms with E-state index in [9.17, 15) is 15.0 Å². The number of nitrogens with two attached hydrogens (primary N) is 1. The van der Waals surface area contributed by atoms with Crippen molar-refractivity contribution in [3.8, 4) is 0 Å². The molecule has 4 heteroatoms. The summed E-state index contributed by atoms with van der Waals surface area (Å²) in [5.41, 5.74) is 6.67. The third kappa shape index (κ3) is 4.56. The molecule has 0 amide bonds. The fourth-order valence-corrected chi connectivity index (χ4v) is 1.81. The molecule has 4 N–H and O–H groups in total. The van der Waals surface area contributed by atoms with Crippen molar-refractivity contribution in [1.82, 2.24) is 0 Å². The number of ketones is 1. The maximum Gasteiger partial charge on any atom is 0.149 e. The van der Waals surface area contributed by atoms with Crippen LogP contribution in [0.3, 0.4) is 0 Å². The zero-order valence-electron chi connectivity index (χ0n) is 10.6. The van der Waals surface area contributed by atoms with Crippen molar-refractivity contribution in [3.63, 3.8) is 0 Å². The highest BCUT2D eigenvalue weighted by Crippen LogP contribution is 2.10. The second-order valence-electron chi connectivity index (χ2n) is 4.57. The van der Waals surface area contributed by atoms with E-state index in [1.165, 1.54) is 12.5 Å². The van der Waals surface area contributed by atoms with Crippen molar-refractivity contribution < 1.29 is 15.0 Å². The molecule has 0 saturated heterocycles. The normalized spacial score (nSPS) is 16.0. The van der Waals surface area contributed by atoms with Gasteiger partial charge in [0.2, 0.25) is 0 Å². The Kier molecular flexibility index (Phi) is 5.98. The first kappa shape index (κ1) is 14.8. The molecule has 100 valence electrons. The number of hydrogen-bond acceptors (Lipinski definition) is 4.